The minimum atomic E-state index is -1.80. The lowest BCUT2D eigenvalue weighted by molar-refractivity contribution is -0.198. The Kier molecular flexibility index (Phi) is 12.0. The van der Waals surface area contributed by atoms with Crippen LogP contribution in [0.5, 0.6) is 0 Å². The Labute approximate surface area is 189 Å². The van der Waals surface area contributed by atoms with E-state index in [1.807, 2.05) is 0 Å². The topological polar surface area (TPSA) is 27.7 Å². The molecule has 1 aliphatic rings. The second kappa shape index (κ2) is 12.8. The number of ether oxygens (including phenoxy) is 2. The summed E-state index contributed by atoms with van der Waals surface area (Å²) >= 11 is 3.71. The van der Waals surface area contributed by atoms with Crippen LogP contribution in [0.4, 0.5) is 0 Å². The Balaban J connectivity index is 2.64. The van der Waals surface area contributed by atoms with E-state index in [9.17, 15) is 0 Å². The van der Waals surface area contributed by atoms with Gasteiger partial charge in [0.15, 0.2) is 14.6 Å². The van der Waals surface area contributed by atoms with E-state index in [0.29, 0.717) is 22.5 Å². The lowest BCUT2D eigenvalue weighted by Gasteiger charge is -2.42. The maximum absolute atomic E-state index is 6.73. The van der Waals surface area contributed by atoms with Crippen molar-refractivity contribution >= 4 is 24.2 Å². The molecule has 29 heavy (non-hydrogen) atoms. The van der Waals surface area contributed by atoms with Crippen molar-refractivity contribution in [3.63, 3.8) is 0 Å². The van der Waals surface area contributed by atoms with Crippen molar-refractivity contribution in [1.29, 1.82) is 0 Å². The van der Waals surface area contributed by atoms with E-state index in [0.717, 1.165) is 30.4 Å². The Bertz CT molecular complexity index is 506. The first-order valence-corrected chi connectivity index (χ1v) is 14.4. The van der Waals surface area contributed by atoms with Gasteiger partial charge in [-0.2, -0.15) is 0 Å². The molecule has 170 valence electrons. The predicted molar refractivity (Wildman–Crippen MR) is 131 cm³/mol. The van der Waals surface area contributed by atoms with Crippen LogP contribution in [0.2, 0.25) is 16.6 Å². The van der Waals surface area contributed by atoms with Gasteiger partial charge in [0, 0.05) is 11.1 Å². The monoisotopic (exact) mass is 488 g/mol. The third-order valence-electron chi connectivity index (χ3n) is 5.90. The van der Waals surface area contributed by atoms with Crippen LogP contribution >= 0.6 is 15.9 Å². The molecule has 0 aliphatic carbocycles. The van der Waals surface area contributed by atoms with Crippen LogP contribution in [0.3, 0.4) is 0 Å². The van der Waals surface area contributed by atoms with Crippen molar-refractivity contribution in [2.24, 2.45) is 5.92 Å². The number of allylic oxidation sites excluding steroid dienone is 2. The van der Waals surface area contributed by atoms with Crippen molar-refractivity contribution in [2.45, 2.75) is 117 Å². The molecule has 1 heterocycles. The maximum Gasteiger partial charge on any atom is 0.200 e. The molecule has 5 heteroatoms. The van der Waals surface area contributed by atoms with Crippen LogP contribution in [0, 0.1) is 5.92 Å². The standard InChI is InChI=1S/C24H45BrO3Si/c1-17(2)27-24-12-10-11-23(28-24)14-13-22(25)15-21(9)16-26-29(18(3)4,19(5)6)20(7)8/h13-15,17-21,23-24H,10-12,16H2,1-9H3/b14-13+,22-15-/t21-,23+,24+/m0/s1. The summed E-state index contributed by atoms with van der Waals surface area (Å²) in [6, 6.07) is 0. The van der Waals surface area contributed by atoms with Crippen molar-refractivity contribution in [1.82, 2.24) is 0 Å². The van der Waals surface area contributed by atoms with Gasteiger partial charge in [0.1, 0.15) is 0 Å². The van der Waals surface area contributed by atoms with Gasteiger partial charge in [0.05, 0.1) is 12.2 Å². The normalized spacial score (nSPS) is 23.2. The van der Waals surface area contributed by atoms with E-state index in [1.54, 1.807) is 0 Å². The molecule has 1 fully saturated rings. The zero-order valence-electron chi connectivity index (χ0n) is 20.2. The third-order valence-corrected chi connectivity index (χ3v) is 12.5. The summed E-state index contributed by atoms with van der Waals surface area (Å²) in [5, 5.41) is 0. The smallest absolute Gasteiger partial charge is 0.200 e. The average Bonchev–Trinajstić information content (AvgIpc) is 2.59. The van der Waals surface area contributed by atoms with Crippen LogP contribution in [0.1, 0.15) is 81.6 Å². The van der Waals surface area contributed by atoms with Gasteiger partial charge < -0.3 is 13.9 Å². The first kappa shape index (κ1) is 27.1. The third kappa shape index (κ3) is 8.60. The highest BCUT2D eigenvalue weighted by molar-refractivity contribution is 9.11. The van der Waals surface area contributed by atoms with Gasteiger partial charge in [0.2, 0.25) is 0 Å². The Hall–Kier alpha value is 0.0569. The summed E-state index contributed by atoms with van der Waals surface area (Å²) in [6.07, 6.45) is 9.97. The van der Waals surface area contributed by atoms with Gasteiger partial charge in [-0.25, -0.2) is 0 Å². The number of hydrogen-bond acceptors (Lipinski definition) is 3. The van der Waals surface area contributed by atoms with E-state index in [4.69, 9.17) is 13.9 Å². The fourth-order valence-corrected chi connectivity index (χ4v) is 10.9. The molecule has 0 radical (unpaired) electrons. The van der Waals surface area contributed by atoms with E-state index < -0.39 is 8.32 Å². The molecule has 0 aromatic rings. The van der Waals surface area contributed by atoms with Crippen molar-refractivity contribution in [3.8, 4) is 0 Å². The SMILES string of the molecule is CC(C)O[C@H]1CCC[C@H](/C=C/C(Br)=C/[C@H](C)CO[Si](C(C)C)(C(C)C)C(C)C)O1. The van der Waals surface area contributed by atoms with Gasteiger partial charge in [-0.05, 0) is 61.7 Å². The Morgan fingerprint density at radius 2 is 1.59 bits per heavy atom. The molecule has 1 rings (SSSR count). The molecule has 0 amide bonds. The van der Waals surface area contributed by atoms with E-state index >= 15 is 0 Å². The molecule has 0 unspecified atom stereocenters. The number of rotatable bonds is 11. The summed E-state index contributed by atoms with van der Waals surface area (Å²) in [5.41, 5.74) is 1.85. The van der Waals surface area contributed by atoms with Crippen LogP contribution in [0.25, 0.3) is 0 Å². The van der Waals surface area contributed by atoms with Gasteiger partial charge in [-0.15, -0.1) is 0 Å². The lowest BCUT2D eigenvalue weighted by atomic mass is 10.1. The molecule has 1 saturated heterocycles. The van der Waals surface area contributed by atoms with Gasteiger partial charge in [0.25, 0.3) is 0 Å². The van der Waals surface area contributed by atoms with E-state index in [1.165, 1.54) is 0 Å². The molecular weight excluding hydrogens is 444 g/mol. The van der Waals surface area contributed by atoms with Crippen LogP contribution in [-0.2, 0) is 13.9 Å². The Morgan fingerprint density at radius 3 is 2.10 bits per heavy atom. The highest BCUT2D eigenvalue weighted by Gasteiger charge is 2.45. The summed E-state index contributed by atoms with van der Waals surface area (Å²) in [6.45, 7) is 21.2. The molecule has 3 nitrogen and oxygen atoms in total. The molecule has 0 spiro atoms. The highest BCUT2D eigenvalue weighted by atomic mass is 79.9. The first-order chi connectivity index (χ1) is 13.5. The molecule has 0 N–H and O–H groups in total. The molecule has 0 saturated carbocycles. The molecule has 3 atom stereocenters. The fourth-order valence-electron chi connectivity index (χ4n) is 4.71. The zero-order valence-corrected chi connectivity index (χ0v) is 22.8. The molecule has 0 aromatic heterocycles. The lowest BCUT2D eigenvalue weighted by Crippen LogP contribution is -2.48. The summed E-state index contributed by atoms with van der Waals surface area (Å²) < 4.78 is 19.7. The molecular formula is C24H45BrO3Si. The largest absolute Gasteiger partial charge is 0.415 e. The number of halogens is 1. The summed E-state index contributed by atoms with van der Waals surface area (Å²) in [5.74, 6) is 0.362. The highest BCUT2D eigenvalue weighted by Crippen LogP contribution is 2.42. The average molecular weight is 490 g/mol. The first-order valence-electron chi connectivity index (χ1n) is 11.5. The van der Waals surface area contributed by atoms with Gasteiger partial charge in [-0.3, -0.25) is 0 Å². The molecule has 0 bridgehead atoms. The van der Waals surface area contributed by atoms with Crippen LogP contribution in [-0.4, -0.2) is 33.4 Å². The van der Waals surface area contributed by atoms with Crippen molar-refractivity contribution < 1.29 is 13.9 Å². The second-order valence-electron chi connectivity index (χ2n) is 9.74. The minimum Gasteiger partial charge on any atom is -0.415 e. The maximum atomic E-state index is 6.73. The van der Waals surface area contributed by atoms with E-state index in [-0.39, 0.29) is 18.5 Å². The number of hydrogen-bond donors (Lipinski definition) is 0. The minimum absolute atomic E-state index is 0.0744. The van der Waals surface area contributed by atoms with Crippen LogP contribution in [0.15, 0.2) is 22.7 Å². The van der Waals surface area contributed by atoms with Gasteiger partial charge in [-0.1, -0.05) is 76.5 Å². The summed E-state index contributed by atoms with van der Waals surface area (Å²) in [7, 11) is -1.80. The van der Waals surface area contributed by atoms with Crippen molar-refractivity contribution in [3.05, 3.63) is 22.7 Å². The van der Waals surface area contributed by atoms with Gasteiger partial charge >= 0.3 is 0 Å². The zero-order chi connectivity index (χ0) is 22.2. The van der Waals surface area contributed by atoms with Crippen molar-refractivity contribution in [2.75, 3.05) is 6.61 Å². The molecule has 0 aromatic carbocycles. The fraction of sp³-hybridized carbons (Fsp3) is 0.833. The predicted octanol–water partition coefficient (Wildman–Crippen LogP) is 7.97. The quantitative estimate of drug-likeness (QED) is 0.218. The molecule has 1 aliphatic heterocycles. The van der Waals surface area contributed by atoms with Crippen LogP contribution < -0.4 is 0 Å². The van der Waals surface area contributed by atoms with E-state index in [2.05, 4.69) is 96.5 Å². The second-order valence-corrected chi connectivity index (χ2v) is 16.1. The summed E-state index contributed by atoms with van der Waals surface area (Å²) in [4.78, 5) is 0. The Morgan fingerprint density at radius 1 is 1.00 bits per heavy atom.